The molecule has 0 radical (unpaired) electrons. The van der Waals surface area contributed by atoms with Gasteiger partial charge < -0.3 is 5.73 Å². The van der Waals surface area contributed by atoms with Crippen LogP contribution in [0.3, 0.4) is 0 Å². The third-order valence-electron chi connectivity index (χ3n) is 4.39. The molecule has 0 atom stereocenters. The van der Waals surface area contributed by atoms with E-state index < -0.39 is 0 Å². The highest BCUT2D eigenvalue weighted by Crippen LogP contribution is 2.26. The zero-order chi connectivity index (χ0) is 14.1. The molecular formula is C16H21N3O. The zero-order valence-electron chi connectivity index (χ0n) is 11.9. The fourth-order valence-corrected chi connectivity index (χ4v) is 3.04. The van der Waals surface area contributed by atoms with Gasteiger partial charge in [-0.15, -0.1) is 0 Å². The molecule has 4 nitrogen and oxygen atoms in total. The largest absolute Gasteiger partial charge is 0.328 e. The number of hydrogen-bond donors (Lipinski definition) is 1. The molecule has 106 valence electrons. The highest BCUT2D eigenvalue weighted by atomic mass is 16.1. The molecular weight excluding hydrogens is 250 g/mol. The van der Waals surface area contributed by atoms with Crippen LogP contribution in [0.5, 0.6) is 0 Å². The average molecular weight is 271 g/mol. The van der Waals surface area contributed by atoms with E-state index in [2.05, 4.69) is 11.9 Å². The molecule has 2 N–H and O–H groups in total. The van der Waals surface area contributed by atoms with Gasteiger partial charge in [-0.1, -0.05) is 13.0 Å². The Balaban J connectivity index is 2.04. The monoisotopic (exact) mass is 271 g/mol. The second-order valence-electron chi connectivity index (χ2n) is 5.73. The van der Waals surface area contributed by atoms with Crippen LogP contribution >= 0.6 is 0 Å². The number of nitrogens with two attached hydrogens (primary N) is 1. The minimum atomic E-state index is 0.0887. The van der Waals surface area contributed by atoms with Crippen molar-refractivity contribution < 1.29 is 0 Å². The Morgan fingerprint density at radius 2 is 2.05 bits per heavy atom. The molecule has 1 heterocycles. The van der Waals surface area contributed by atoms with Gasteiger partial charge in [0.15, 0.2) is 0 Å². The molecule has 4 heteroatoms. The van der Waals surface area contributed by atoms with Crippen molar-refractivity contribution >= 4 is 10.9 Å². The van der Waals surface area contributed by atoms with E-state index in [9.17, 15) is 4.79 Å². The second kappa shape index (κ2) is 5.37. The maximum Gasteiger partial charge on any atom is 0.261 e. The van der Waals surface area contributed by atoms with E-state index in [-0.39, 0.29) is 11.6 Å². The lowest BCUT2D eigenvalue weighted by Gasteiger charge is -2.27. The standard InChI is InChI=1S/C16H21N3O/c1-2-11-3-8-15-14(9-11)16(20)19(10-18-15)13-6-4-12(17)5-7-13/h3,8-10,12-13H,2,4-7,17H2,1H3. The van der Waals surface area contributed by atoms with Gasteiger partial charge in [-0.05, 0) is 49.8 Å². The van der Waals surface area contributed by atoms with Gasteiger partial charge in [-0.25, -0.2) is 4.98 Å². The van der Waals surface area contributed by atoms with Crippen LogP contribution in [0.4, 0.5) is 0 Å². The van der Waals surface area contributed by atoms with Crippen molar-refractivity contribution in [2.45, 2.75) is 51.1 Å². The molecule has 1 aliphatic carbocycles. The molecule has 0 unspecified atom stereocenters. The molecule has 1 saturated carbocycles. The van der Waals surface area contributed by atoms with Gasteiger partial charge in [0.1, 0.15) is 0 Å². The summed E-state index contributed by atoms with van der Waals surface area (Å²) in [6.07, 6.45) is 6.57. The van der Waals surface area contributed by atoms with Gasteiger partial charge >= 0.3 is 0 Å². The number of fused-ring (bicyclic) bond motifs is 1. The summed E-state index contributed by atoms with van der Waals surface area (Å²) in [6, 6.07) is 6.51. The van der Waals surface area contributed by atoms with Crippen molar-refractivity contribution in [1.82, 2.24) is 9.55 Å². The van der Waals surface area contributed by atoms with E-state index in [0.29, 0.717) is 6.04 Å². The number of rotatable bonds is 2. The summed E-state index contributed by atoms with van der Waals surface area (Å²) in [5.74, 6) is 0. The molecule has 0 spiro atoms. The quantitative estimate of drug-likeness (QED) is 0.912. The molecule has 0 amide bonds. The Morgan fingerprint density at radius 3 is 2.75 bits per heavy atom. The molecule has 20 heavy (non-hydrogen) atoms. The Hall–Kier alpha value is -1.68. The van der Waals surface area contributed by atoms with Crippen molar-refractivity contribution in [2.75, 3.05) is 0 Å². The van der Waals surface area contributed by atoms with E-state index in [0.717, 1.165) is 43.0 Å². The van der Waals surface area contributed by atoms with Crippen LogP contribution in [0.1, 0.15) is 44.2 Å². The first-order valence-electron chi connectivity index (χ1n) is 7.44. The highest BCUT2D eigenvalue weighted by Gasteiger charge is 2.21. The first-order chi connectivity index (χ1) is 9.69. The van der Waals surface area contributed by atoms with Crippen molar-refractivity contribution in [3.8, 4) is 0 Å². The minimum absolute atomic E-state index is 0.0887. The minimum Gasteiger partial charge on any atom is -0.328 e. The topological polar surface area (TPSA) is 60.9 Å². The van der Waals surface area contributed by atoms with E-state index in [1.807, 2.05) is 22.8 Å². The summed E-state index contributed by atoms with van der Waals surface area (Å²) in [5, 5.41) is 0.738. The van der Waals surface area contributed by atoms with E-state index >= 15 is 0 Å². The van der Waals surface area contributed by atoms with Gasteiger partial charge in [0.25, 0.3) is 5.56 Å². The lowest BCUT2D eigenvalue weighted by atomic mass is 9.91. The van der Waals surface area contributed by atoms with Crippen LogP contribution in [0.15, 0.2) is 29.3 Å². The summed E-state index contributed by atoms with van der Waals surface area (Å²) < 4.78 is 1.81. The lowest BCUT2D eigenvalue weighted by Crippen LogP contribution is -2.32. The van der Waals surface area contributed by atoms with Gasteiger partial charge in [0.2, 0.25) is 0 Å². The number of hydrogen-bond acceptors (Lipinski definition) is 3. The van der Waals surface area contributed by atoms with E-state index in [4.69, 9.17) is 5.73 Å². The highest BCUT2D eigenvalue weighted by molar-refractivity contribution is 5.78. The fourth-order valence-electron chi connectivity index (χ4n) is 3.04. The van der Waals surface area contributed by atoms with Crippen LogP contribution < -0.4 is 11.3 Å². The van der Waals surface area contributed by atoms with Crippen molar-refractivity contribution in [1.29, 1.82) is 0 Å². The number of benzene rings is 1. The molecule has 0 bridgehead atoms. The Morgan fingerprint density at radius 1 is 1.30 bits per heavy atom. The van der Waals surface area contributed by atoms with E-state index in [1.165, 1.54) is 5.56 Å². The summed E-state index contributed by atoms with van der Waals surface area (Å²) in [6.45, 7) is 2.10. The van der Waals surface area contributed by atoms with Gasteiger partial charge in [-0.3, -0.25) is 9.36 Å². The Labute approximate surface area is 118 Å². The SMILES string of the molecule is CCc1ccc2ncn(C3CCC(N)CC3)c(=O)c2c1. The molecule has 0 saturated heterocycles. The molecule has 0 aliphatic heterocycles. The number of nitrogens with zero attached hydrogens (tertiary/aromatic N) is 2. The third-order valence-corrected chi connectivity index (χ3v) is 4.39. The van der Waals surface area contributed by atoms with Crippen molar-refractivity contribution in [3.63, 3.8) is 0 Å². The third kappa shape index (κ3) is 2.36. The summed E-state index contributed by atoms with van der Waals surface area (Å²) in [5.41, 5.74) is 8.00. The van der Waals surface area contributed by atoms with Gasteiger partial charge in [-0.2, -0.15) is 0 Å². The maximum absolute atomic E-state index is 12.7. The molecule has 3 rings (SSSR count). The first-order valence-corrected chi connectivity index (χ1v) is 7.44. The van der Waals surface area contributed by atoms with Crippen LogP contribution in [0.2, 0.25) is 0 Å². The van der Waals surface area contributed by atoms with Crippen LogP contribution in [0, 0.1) is 0 Å². The van der Waals surface area contributed by atoms with Crippen molar-refractivity contribution in [3.05, 3.63) is 40.4 Å². The fraction of sp³-hybridized carbons (Fsp3) is 0.500. The lowest BCUT2D eigenvalue weighted by molar-refractivity contribution is 0.317. The smallest absolute Gasteiger partial charge is 0.261 e. The van der Waals surface area contributed by atoms with Gasteiger partial charge in [0, 0.05) is 12.1 Å². The van der Waals surface area contributed by atoms with Crippen LogP contribution in [-0.2, 0) is 6.42 Å². The van der Waals surface area contributed by atoms with E-state index in [1.54, 1.807) is 6.33 Å². The number of aryl methyl sites for hydroxylation is 1. The summed E-state index contributed by atoms with van der Waals surface area (Å²) in [4.78, 5) is 17.1. The predicted molar refractivity (Wildman–Crippen MR) is 80.9 cm³/mol. The summed E-state index contributed by atoms with van der Waals surface area (Å²) >= 11 is 0. The maximum atomic E-state index is 12.7. The molecule has 1 aromatic carbocycles. The first kappa shape index (κ1) is 13.3. The predicted octanol–water partition coefficient (Wildman–Crippen LogP) is 2.40. The second-order valence-corrected chi connectivity index (χ2v) is 5.73. The normalized spacial score (nSPS) is 23.1. The zero-order valence-corrected chi connectivity index (χ0v) is 11.9. The number of aromatic nitrogens is 2. The molecule has 1 aliphatic rings. The van der Waals surface area contributed by atoms with Crippen LogP contribution in [0.25, 0.3) is 10.9 Å². The van der Waals surface area contributed by atoms with Gasteiger partial charge in [0.05, 0.1) is 17.2 Å². The molecule has 1 aromatic heterocycles. The summed E-state index contributed by atoms with van der Waals surface area (Å²) in [7, 11) is 0. The Bertz CT molecular complexity index is 669. The average Bonchev–Trinajstić information content (AvgIpc) is 2.49. The van der Waals surface area contributed by atoms with Crippen LogP contribution in [-0.4, -0.2) is 15.6 Å². The Kier molecular flexibility index (Phi) is 3.57. The van der Waals surface area contributed by atoms with Crippen molar-refractivity contribution in [2.24, 2.45) is 5.73 Å². The molecule has 1 fully saturated rings. The molecule has 2 aromatic rings.